The molecule has 1 aromatic carbocycles. The SMILES string of the molecule is C[Si](C)(C)CCOCn1ccc2nc(Oc3ccccc3)cnc21. The van der Waals surface area contributed by atoms with Crippen molar-refractivity contribution in [3.63, 3.8) is 0 Å². The van der Waals surface area contributed by atoms with Crippen LogP contribution in [0.1, 0.15) is 0 Å². The zero-order valence-corrected chi connectivity index (χ0v) is 15.4. The number of hydrogen-bond donors (Lipinski definition) is 0. The smallest absolute Gasteiger partial charge is 0.238 e. The van der Waals surface area contributed by atoms with Gasteiger partial charge < -0.3 is 14.0 Å². The third kappa shape index (κ3) is 4.43. The van der Waals surface area contributed by atoms with Crippen molar-refractivity contribution < 1.29 is 9.47 Å². The van der Waals surface area contributed by atoms with Gasteiger partial charge in [-0.25, -0.2) is 9.97 Å². The Labute approximate surface area is 143 Å². The molecular formula is C18H23N3O2Si. The van der Waals surface area contributed by atoms with Gasteiger partial charge in [0.1, 0.15) is 18.0 Å². The molecule has 2 heterocycles. The van der Waals surface area contributed by atoms with Gasteiger partial charge in [0.2, 0.25) is 5.88 Å². The van der Waals surface area contributed by atoms with Crippen molar-refractivity contribution in [3.05, 3.63) is 48.8 Å². The molecule has 0 spiro atoms. The van der Waals surface area contributed by atoms with Crippen LogP contribution in [0.4, 0.5) is 0 Å². The molecule has 0 unspecified atom stereocenters. The van der Waals surface area contributed by atoms with Crippen LogP contribution in [-0.4, -0.2) is 29.2 Å². The maximum absolute atomic E-state index is 5.79. The van der Waals surface area contributed by atoms with Gasteiger partial charge in [0.05, 0.1) is 6.20 Å². The molecule has 24 heavy (non-hydrogen) atoms. The lowest BCUT2D eigenvalue weighted by Crippen LogP contribution is -2.22. The summed E-state index contributed by atoms with van der Waals surface area (Å²) in [5.74, 6) is 1.24. The molecule has 3 rings (SSSR count). The summed E-state index contributed by atoms with van der Waals surface area (Å²) in [4.78, 5) is 8.97. The monoisotopic (exact) mass is 341 g/mol. The van der Waals surface area contributed by atoms with E-state index in [1.165, 1.54) is 0 Å². The van der Waals surface area contributed by atoms with Crippen molar-refractivity contribution in [1.82, 2.24) is 14.5 Å². The number of para-hydroxylation sites is 1. The van der Waals surface area contributed by atoms with Gasteiger partial charge in [-0.2, -0.15) is 0 Å². The molecular weight excluding hydrogens is 318 g/mol. The Morgan fingerprint density at radius 3 is 2.62 bits per heavy atom. The minimum Gasteiger partial charge on any atom is -0.437 e. The molecule has 0 aliphatic carbocycles. The van der Waals surface area contributed by atoms with E-state index in [4.69, 9.17) is 9.47 Å². The molecule has 0 fully saturated rings. The van der Waals surface area contributed by atoms with Crippen LogP contribution in [0.2, 0.25) is 25.7 Å². The first kappa shape index (κ1) is 16.7. The van der Waals surface area contributed by atoms with E-state index in [0.29, 0.717) is 12.6 Å². The van der Waals surface area contributed by atoms with Crippen molar-refractivity contribution in [2.24, 2.45) is 0 Å². The van der Waals surface area contributed by atoms with Gasteiger partial charge >= 0.3 is 0 Å². The minimum atomic E-state index is -1.06. The Morgan fingerprint density at radius 1 is 1.08 bits per heavy atom. The van der Waals surface area contributed by atoms with Gasteiger partial charge in [-0.15, -0.1) is 0 Å². The second-order valence-corrected chi connectivity index (χ2v) is 12.6. The molecule has 6 heteroatoms. The summed E-state index contributed by atoms with van der Waals surface area (Å²) in [6.07, 6.45) is 3.60. The highest BCUT2D eigenvalue weighted by Gasteiger charge is 2.12. The van der Waals surface area contributed by atoms with E-state index in [2.05, 4.69) is 29.6 Å². The first-order chi connectivity index (χ1) is 11.5. The van der Waals surface area contributed by atoms with Crippen LogP contribution in [0.25, 0.3) is 11.2 Å². The lowest BCUT2D eigenvalue weighted by atomic mass is 10.3. The van der Waals surface area contributed by atoms with Gasteiger partial charge in [-0.3, -0.25) is 0 Å². The van der Waals surface area contributed by atoms with Gasteiger partial charge in [0.15, 0.2) is 5.65 Å². The number of aromatic nitrogens is 3. The fraction of sp³-hybridized carbons (Fsp3) is 0.333. The summed E-state index contributed by atoms with van der Waals surface area (Å²) in [5, 5.41) is 0. The normalized spacial score (nSPS) is 11.8. The molecule has 0 aliphatic heterocycles. The highest BCUT2D eigenvalue weighted by molar-refractivity contribution is 6.76. The topological polar surface area (TPSA) is 49.2 Å². The van der Waals surface area contributed by atoms with Crippen LogP contribution in [0.3, 0.4) is 0 Å². The third-order valence-electron chi connectivity index (χ3n) is 3.63. The fourth-order valence-corrected chi connectivity index (χ4v) is 3.00. The molecule has 0 aliphatic rings. The van der Waals surface area contributed by atoms with Crippen molar-refractivity contribution in [2.45, 2.75) is 32.4 Å². The van der Waals surface area contributed by atoms with E-state index < -0.39 is 8.07 Å². The van der Waals surface area contributed by atoms with E-state index >= 15 is 0 Å². The van der Waals surface area contributed by atoms with Crippen molar-refractivity contribution >= 4 is 19.2 Å². The number of nitrogens with zero attached hydrogens (tertiary/aromatic N) is 3. The Bertz CT molecular complexity index is 797. The van der Waals surface area contributed by atoms with E-state index in [-0.39, 0.29) is 0 Å². The first-order valence-electron chi connectivity index (χ1n) is 8.14. The van der Waals surface area contributed by atoms with Gasteiger partial charge in [0, 0.05) is 20.9 Å². The van der Waals surface area contributed by atoms with Crippen LogP contribution in [0.5, 0.6) is 11.6 Å². The molecule has 0 N–H and O–H groups in total. The molecule has 0 saturated carbocycles. The van der Waals surface area contributed by atoms with E-state index in [0.717, 1.165) is 29.6 Å². The zero-order valence-electron chi connectivity index (χ0n) is 14.4. The first-order valence-corrected chi connectivity index (χ1v) is 11.8. The predicted molar refractivity (Wildman–Crippen MR) is 98.1 cm³/mol. The summed E-state index contributed by atoms with van der Waals surface area (Å²) in [5.41, 5.74) is 1.61. The van der Waals surface area contributed by atoms with Crippen LogP contribution in [-0.2, 0) is 11.5 Å². The highest BCUT2D eigenvalue weighted by atomic mass is 28.3. The van der Waals surface area contributed by atoms with Crippen molar-refractivity contribution in [1.29, 1.82) is 0 Å². The van der Waals surface area contributed by atoms with Gasteiger partial charge in [-0.1, -0.05) is 37.8 Å². The summed E-state index contributed by atoms with van der Waals surface area (Å²) in [6.45, 7) is 8.34. The predicted octanol–water partition coefficient (Wildman–Crippen LogP) is 4.54. The minimum absolute atomic E-state index is 0.492. The standard InChI is InChI=1S/C18H23N3O2Si/c1-24(2,3)12-11-22-14-21-10-9-16-18(21)19-13-17(20-16)23-15-7-5-4-6-8-15/h4-10,13H,11-12,14H2,1-3H3. The number of ether oxygens (including phenoxy) is 2. The number of rotatable bonds is 7. The molecule has 0 radical (unpaired) electrons. The fourth-order valence-electron chi connectivity index (χ4n) is 2.25. The van der Waals surface area contributed by atoms with Crippen LogP contribution < -0.4 is 4.74 Å². The van der Waals surface area contributed by atoms with Crippen LogP contribution >= 0.6 is 0 Å². The van der Waals surface area contributed by atoms with Gasteiger partial charge in [0.25, 0.3) is 0 Å². The lowest BCUT2D eigenvalue weighted by molar-refractivity contribution is 0.0898. The average Bonchev–Trinajstić information content (AvgIpc) is 2.94. The van der Waals surface area contributed by atoms with Crippen molar-refractivity contribution in [2.75, 3.05) is 6.61 Å². The maximum atomic E-state index is 5.79. The molecule has 126 valence electrons. The van der Waals surface area contributed by atoms with Crippen molar-refractivity contribution in [3.8, 4) is 11.6 Å². The second-order valence-electron chi connectivity index (χ2n) is 6.97. The second kappa shape index (κ2) is 7.15. The molecule has 0 saturated heterocycles. The quantitative estimate of drug-likeness (QED) is 0.468. The summed E-state index contributed by atoms with van der Waals surface area (Å²) in [7, 11) is -1.06. The number of fused-ring (bicyclic) bond motifs is 1. The van der Waals surface area contributed by atoms with E-state index in [1.807, 2.05) is 47.2 Å². The molecule has 3 aromatic rings. The third-order valence-corrected chi connectivity index (χ3v) is 5.34. The molecule has 0 bridgehead atoms. The van der Waals surface area contributed by atoms with Crippen LogP contribution in [0, 0.1) is 0 Å². The summed E-state index contributed by atoms with van der Waals surface area (Å²) < 4.78 is 13.5. The Morgan fingerprint density at radius 2 is 1.88 bits per heavy atom. The summed E-state index contributed by atoms with van der Waals surface area (Å²) >= 11 is 0. The zero-order chi connectivity index (χ0) is 17.0. The lowest BCUT2D eigenvalue weighted by Gasteiger charge is -2.15. The number of hydrogen-bond acceptors (Lipinski definition) is 4. The Balaban J connectivity index is 1.65. The number of benzene rings is 1. The largest absolute Gasteiger partial charge is 0.437 e. The van der Waals surface area contributed by atoms with Crippen LogP contribution in [0.15, 0.2) is 48.8 Å². The van der Waals surface area contributed by atoms with E-state index in [9.17, 15) is 0 Å². The maximum Gasteiger partial charge on any atom is 0.238 e. The van der Waals surface area contributed by atoms with Gasteiger partial charge in [-0.05, 0) is 24.2 Å². The Hall–Kier alpha value is -2.18. The molecule has 2 aromatic heterocycles. The highest BCUT2D eigenvalue weighted by Crippen LogP contribution is 2.21. The Kier molecular flexibility index (Phi) is 4.96. The summed E-state index contributed by atoms with van der Waals surface area (Å²) in [6, 6.07) is 12.7. The molecule has 5 nitrogen and oxygen atoms in total. The molecule has 0 amide bonds. The average molecular weight is 341 g/mol. The van der Waals surface area contributed by atoms with E-state index in [1.54, 1.807) is 6.20 Å². The molecule has 0 atom stereocenters.